The lowest BCUT2D eigenvalue weighted by Crippen LogP contribution is -2.21. The fourth-order valence-corrected chi connectivity index (χ4v) is 3.62. The molecule has 0 aliphatic heterocycles. The molecule has 3 N–H and O–H groups in total. The van der Waals surface area contributed by atoms with Crippen molar-refractivity contribution in [3.63, 3.8) is 0 Å². The number of aliphatic hydroxyl groups is 2. The van der Waals surface area contributed by atoms with Gasteiger partial charge in [-0.3, -0.25) is 4.79 Å². The Hall–Kier alpha value is -4.15. The number of anilines is 1. The van der Waals surface area contributed by atoms with E-state index in [0.29, 0.717) is 33.8 Å². The number of alkyl halides is 3. The Balaban J connectivity index is 1.49. The van der Waals surface area contributed by atoms with Gasteiger partial charge >= 0.3 is 6.36 Å². The Morgan fingerprint density at radius 3 is 2.46 bits per heavy atom. The van der Waals surface area contributed by atoms with Gasteiger partial charge in [0, 0.05) is 16.6 Å². The number of amides is 1. The second-order valence-corrected chi connectivity index (χ2v) is 8.16. The number of para-hydroxylation sites is 1. The average molecular weight is 512 g/mol. The van der Waals surface area contributed by atoms with Gasteiger partial charge in [0.1, 0.15) is 24.2 Å². The summed E-state index contributed by atoms with van der Waals surface area (Å²) in [6.07, 6.45) is -5.76. The van der Waals surface area contributed by atoms with Crippen LogP contribution in [0.15, 0.2) is 78.9 Å². The van der Waals surface area contributed by atoms with E-state index in [-0.39, 0.29) is 24.7 Å². The largest absolute Gasteiger partial charge is 0.573 e. The maximum absolute atomic E-state index is 12.7. The number of benzene rings is 3. The Kier molecular flexibility index (Phi) is 7.90. The lowest BCUT2D eigenvalue weighted by atomic mass is 10.0. The van der Waals surface area contributed by atoms with Crippen LogP contribution in [0.1, 0.15) is 5.56 Å². The molecule has 0 fully saturated rings. The second kappa shape index (κ2) is 11.3. The van der Waals surface area contributed by atoms with Crippen molar-refractivity contribution in [2.24, 2.45) is 0 Å². The molecule has 1 heterocycles. The first kappa shape index (κ1) is 25.9. The zero-order valence-corrected chi connectivity index (χ0v) is 19.4. The highest BCUT2D eigenvalue weighted by Crippen LogP contribution is 2.29. The number of pyridine rings is 1. The topological polar surface area (TPSA) is 101 Å². The van der Waals surface area contributed by atoms with Gasteiger partial charge in [-0.15, -0.1) is 13.2 Å². The smallest absolute Gasteiger partial charge is 0.491 e. The number of halogens is 3. The van der Waals surface area contributed by atoms with E-state index in [4.69, 9.17) is 9.84 Å². The molecule has 0 spiro atoms. The van der Waals surface area contributed by atoms with E-state index in [9.17, 15) is 23.1 Å². The minimum absolute atomic E-state index is 0.0198. The molecular weight excluding hydrogens is 489 g/mol. The molecule has 4 rings (SSSR count). The van der Waals surface area contributed by atoms with E-state index >= 15 is 0 Å². The molecule has 1 amide bonds. The number of fused-ring (bicyclic) bond motifs is 1. The third-order valence-corrected chi connectivity index (χ3v) is 5.31. The van der Waals surface area contributed by atoms with Gasteiger partial charge in [-0.2, -0.15) is 0 Å². The zero-order chi connectivity index (χ0) is 26.4. The summed E-state index contributed by atoms with van der Waals surface area (Å²) in [7, 11) is 0. The van der Waals surface area contributed by atoms with E-state index in [1.165, 1.54) is 18.2 Å². The van der Waals surface area contributed by atoms with Crippen LogP contribution in [0.3, 0.4) is 0 Å². The summed E-state index contributed by atoms with van der Waals surface area (Å²) in [5, 5.41) is 21.8. The number of rotatable bonds is 9. The van der Waals surface area contributed by atoms with Crippen LogP contribution >= 0.6 is 0 Å². The summed E-state index contributed by atoms with van der Waals surface area (Å²) in [5.74, 6) is -0.161. The number of aliphatic hydroxyl groups excluding tert-OH is 2. The third kappa shape index (κ3) is 7.18. The number of ether oxygens (including phenoxy) is 2. The van der Waals surface area contributed by atoms with Gasteiger partial charge in [0.15, 0.2) is 0 Å². The lowest BCUT2D eigenvalue weighted by Gasteiger charge is -2.12. The molecule has 192 valence electrons. The quantitative estimate of drug-likeness (QED) is 0.300. The molecule has 1 aromatic heterocycles. The fraction of sp³-hybridized carbons (Fsp3) is 0.185. The van der Waals surface area contributed by atoms with Gasteiger partial charge in [-0.05, 0) is 48.0 Å². The van der Waals surface area contributed by atoms with Crippen LogP contribution in [0, 0.1) is 0 Å². The van der Waals surface area contributed by atoms with Crippen molar-refractivity contribution in [3.05, 3.63) is 84.4 Å². The number of nitrogens with zero attached hydrogens (tertiary/aromatic N) is 1. The summed E-state index contributed by atoms with van der Waals surface area (Å²) < 4.78 is 47.2. The zero-order valence-electron chi connectivity index (χ0n) is 19.4. The van der Waals surface area contributed by atoms with Crippen molar-refractivity contribution < 1.29 is 37.7 Å². The molecule has 10 heteroatoms. The summed E-state index contributed by atoms with van der Waals surface area (Å²) >= 11 is 0. The Labute approximate surface area is 210 Å². The van der Waals surface area contributed by atoms with Crippen molar-refractivity contribution in [3.8, 4) is 22.8 Å². The number of hydrogen-bond acceptors (Lipinski definition) is 6. The maximum Gasteiger partial charge on any atom is 0.573 e. The first-order valence-electron chi connectivity index (χ1n) is 11.3. The molecule has 4 aromatic rings. The standard InChI is InChI=1S/C27H23F3N2O5/c28-27(29,30)37-23-6-2-4-18(13-23)24-12-7-17-3-1-5-19(26(17)32-24)14-25(35)31-20-8-10-22(11-9-20)36-16-21(34)15-33/h1-13,21,33-34H,14-16H2,(H,31,35). The van der Waals surface area contributed by atoms with E-state index in [1.807, 2.05) is 6.07 Å². The minimum atomic E-state index is -4.80. The van der Waals surface area contributed by atoms with E-state index in [1.54, 1.807) is 54.6 Å². The Morgan fingerprint density at radius 1 is 0.973 bits per heavy atom. The first-order chi connectivity index (χ1) is 17.7. The molecule has 3 aromatic carbocycles. The molecule has 1 atom stereocenters. The van der Waals surface area contributed by atoms with Crippen molar-refractivity contribution in [2.75, 3.05) is 18.5 Å². The van der Waals surface area contributed by atoms with E-state index in [0.717, 1.165) is 5.39 Å². The molecular formula is C27H23F3N2O5. The van der Waals surface area contributed by atoms with Crippen LogP contribution in [0.25, 0.3) is 22.2 Å². The summed E-state index contributed by atoms with van der Waals surface area (Å²) in [4.78, 5) is 17.4. The van der Waals surface area contributed by atoms with Gasteiger partial charge in [0.2, 0.25) is 5.91 Å². The van der Waals surface area contributed by atoms with Crippen molar-refractivity contribution >= 4 is 22.5 Å². The number of carbonyl (C=O) groups excluding carboxylic acids is 1. The van der Waals surface area contributed by atoms with Gasteiger partial charge in [0.25, 0.3) is 0 Å². The van der Waals surface area contributed by atoms with Crippen LogP contribution in [0.2, 0.25) is 0 Å². The number of aromatic nitrogens is 1. The predicted molar refractivity (Wildman–Crippen MR) is 131 cm³/mol. The van der Waals surface area contributed by atoms with Gasteiger partial charge in [0.05, 0.1) is 24.2 Å². The molecule has 0 aliphatic rings. The maximum atomic E-state index is 12.7. The van der Waals surface area contributed by atoms with Gasteiger partial charge in [-0.25, -0.2) is 4.98 Å². The van der Waals surface area contributed by atoms with Crippen LogP contribution in [-0.4, -0.2) is 46.8 Å². The highest BCUT2D eigenvalue weighted by Gasteiger charge is 2.31. The third-order valence-electron chi connectivity index (χ3n) is 5.31. The normalized spacial score (nSPS) is 12.2. The fourth-order valence-electron chi connectivity index (χ4n) is 3.62. The molecule has 37 heavy (non-hydrogen) atoms. The van der Waals surface area contributed by atoms with Crippen LogP contribution in [-0.2, 0) is 11.2 Å². The van der Waals surface area contributed by atoms with E-state index < -0.39 is 19.1 Å². The predicted octanol–water partition coefficient (Wildman–Crippen LogP) is 4.71. The highest BCUT2D eigenvalue weighted by atomic mass is 19.4. The van der Waals surface area contributed by atoms with Crippen molar-refractivity contribution in [2.45, 2.75) is 18.9 Å². The molecule has 0 saturated carbocycles. The molecule has 0 bridgehead atoms. The number of carbonyl (C=O) groups is 1. The first-order valence-corrected chi connectivity index (χ1v) is 11.3. The summed E-state index contributed by atoms with van der Waals surface area (Å²) in [5.41, 5.74) is 2.63. The number of hydrogen-bond donors (Lipinski definition) is 3. The highest BCUT2D eigenvalue weighted by molar-refractivity contribution is 5.95. The molecule has 0 aliphatic carbocycles. The minimum Gasteiger partial charge on any atom is -0.491 e. The molecule has 0 saturated heterocycles. The second-order valence-electron chi connectivity index (χ2n) is 8.16. The molecule has 1 unspecified atom stereocenters. The van der Waals surface area contributed by atoms with Gasteiger partial charge in [-0.1, -0.05) is 36.4 Å². The average Bonchev–Trinajstić information content (AvgIpc) is 2.87. The van der Waals surface area contributed by atoms with Gasteiger partial charge < -0.3 is 25.0 Å². The summed E-state index contributed by atoms with van der Waals surface area (Å²) in [6.45, 7) is -0.463. The summed E-state index contributed by atoms with van der Waals surface area (Å²) in [6, 6.07) is 21.0. The van der Waals surface area contributed by atoms with Crippen molar-refractivity contribution in [1.82, 2.24) is 4.98 Å². The van der Waals surface area contributed by atoms with E-state index in [2.05, 4.69) is 15.0 Å². The SMILES string of the molecule is O=C(Cc1cccc2ccc(-c3cccc(OC(F)(F)F)c3)nc12)Nc1ccc(OCC(O)CO)cc1. The Bertz CT molecular complexity index is 1380. The Morgan fingerprint density at radius 2 is 1.73 bits per heavy atom. The monoisotopic (exact) mass is 512 g/mol. The van der Waals surface area contributed by atoms with Crippen LogP contribution < -0.4 is 14.8 Å². The van der Waals surface area contributed by atoms with Crippen LogP contribution in [0.4, 0.5) is 18.9 Å². The van der Waals surface area contributed by atoms with Crippen molar-refractivity contribution in [1.29, 1.82) is 0 Å². The lowest BCUT2D eigenvalue weighted by molar-refractivity contribution is -0.274. The van der Waals surface area contributed by atoms with Crippen LogP contribution in [0.5, 0.6) is 11.5 Å². The number of nitrogens with one attached hydrogen (secondary N) is 1. The molecule has 7 nitrogen and oxygen atoms in total. The molecule has 0 radical (unpaired) electrons.